The maximum Gasteiger partial charge on any atom is 0.0404 e. The van der Waals surface area contributed by atoms with Gasteiger partial charge in [-0.1, -0.05) is 45.9 Å². The molecule has 1 unspecified atom stereocenters. The van der Waals surface area contributed by atoms with Crippen molar-refractivity contribution in [1.82, 2.24) is 5.32 Å². The summed E-state index contributed by atoms with van der Waals surface area (Å²) in [6.45, 7) is 12.6. The summed E-state index contributed by atoms with van der Waals surface area (Å²) in [4.78, 5) is 2.58. The van der Waals surface area contributed by atoms with Crippen LogP contribution in [0.15, 0.2) is 24.3 Å². The topological polar surface area (TPSA) is 15.3 Å². The first kappa shape index (κ1) is 14.4. The summed E-state index contributed by atoms with van der Waals surface area (Å²) in [5, 5.41) is 3.65. The number of benzene rings is 1. The van der Waals surface area contributed by atoms with Gasteiger partial charge in [0.2, 0.25) is 0 Å². The van der Waals surface area contributed by atoms with Gasteiger partial charge >= 0.3 is 0 Å². The molecule has 106 valence electrons. The van der Waals surface area contributed by atoms with E-state index >= 15 is 0 Å². The van der Waals surface area contributed by atoms with Crippen molar-refractivity contribution in [3.63, 3.8) is 0 Å². The van der Waals surface area contributed by atoms with Crippen molar-refractivity contribution < 1.29 is 0 Å². The maximum atomic E-state index is 3.65. The van der Waals surface area contributed by atoms with E-state index < -0.39 is 0 Å². The van der Waals surface area contributed by atoms with Crippen LogP contribution in [-0.4, -0.2) is 25.7 Å². The van der Waals surface area contributed by atoms with E-state index in [2.05, 4.69) is 62.2 Å². The first-order valence-electron chi connectivity index (χ1n) is 7.60. The Kier molecular flexibility index (Phi) is 4.51. The molecular weight excluding hydrogens is 232 g/mol. The van der Waals surface area contributed by atoms with Crippen LogP contribution >= 0.6 is 0 Å². The molecule has 1 aromatic rings. The quantitative estimate of drug-likeness (QED) is 0.874. The van der Waals surface area contributed by atoms with Crippen molar-refractivity contribution in [3.05, 3.63) is 29.8 Å². The molecule has 0 spiro atoms. The van der Waals surface area contributed by atoms with E-state index in [9.17, 15) is 0 Å². The van der Waals surface area contributed by atoms with Crippen LogP contribution in [0.25, 0.3) is 0 Å². The van der Waals surface area contributed by atoms with E-state index in [4.69, 9.17) is 0 Å². The third-order valence-corrected chi connectivity index (χ3v) is 4.02. The summed E-state index contributed by atoms with van der Waals surface area (Å²) in [6, 6.07) is 9.53. The molecule has 2 rings (SSSR count). The van der Waals surface area contributed by atoms with Crippen molar-refractivity contribution in [2.24, 2.45) is 0 Å². The van der Waals surface area contributed by atoms with Crippen LogP contribution in [-0.2, 0) is 5.41 Å². The van der Waals surface area contributed by atoms with E-state index in [1.807, 2.05) is 0 Å². The van der Waals surface area contributed by atoms with E-state index in [0.29, 0.717) is 6.04 Å². The Labute approximate surface area is 118 Å². The van der Waals surface area contributed by atoms with Gasteiger partial charge in [0.15, 0.2) is 0 Å². The second-order valence-corrected chi connectivity index (χ2v) is 6.63. The SMILES string of the molecule is CCC1CN(c2ccccc2C(C)(C)C)CCCN1. The molecule has 1 saturated heterocycles. The number of anilines is 1. The van der Waals surface area contributed by atoms with Crippen LogP contribution in [0, 0.1) is 0 Å². The molecule has 1 atom stereocenters. The Morgan fingerprint density at radius 1 is 1.26 bits per heavy atom. The fraction of sp³-hybridized carbons (Fsp3) is 0.647. The van der Waals surface area contributed by atoms with Gasteiger partial charge in [-0.25, -0.2) is 0 Å². The average Bonchev–Trinajstić information content (AvgIpc) is 2.63. The van der Waals surface area contributed by atoms with Crippen molar-refractivity contribution in [3.8, 4) is 0 Å². The number of hydrogen-bond acceptors (Lipinski definition) is 2. The standard InChI is InChI=1S/C17H28N2/c1-5-14-13-19(12-8-11-18-14)16-10-7-6-9-15(16)17(2,3)4/h6-7,9-10,14,18H,5,8,11-13H2,1-4H3. The average molecular weight is 260 g/mol. The second kappa shape index (κ2) is 5.96. The minimum Gasteiger partial charge on any atom is -0.370 e. The molecule has 0 bridgehead atoms. The van der Waals surface area contributed by atoms with Crippen molar-refractivity contribution in [1.29, 1.82) is 0 Å². The first-order chi connectivity index (χ1) is 9.02. The zero-order valence-corrected chi connectivity index (χ0v) is 12.9. The lowest BCUT2D eigenvalue weighted by atomic mass is 9.85. The summed E-state index contributed by atoms with van der Waals surface area (Å²) in [5.41, 5.74) is 3.10. The van der Waals surface area contributed by atoms with Gasteiger partial charge in [-0.15, -0.1) is 0 Å². The highest BCUT2D eigenvalue weighted by Gasteiger charge is 2.23. The van der Waals surface area contributed by atoms with Crippen LogP contribution in [0.4, 0.5) is 5.69 Å². The van der Waals surface area contributed by atoms with Gasteiger partial charge < -0.3 is 10.2 Å². The van der Waals surface area contributed by atoms with E-state index in [1.54, 1.807) is 0 Å². The lowest BCUT2D eigenvalue weighted by Crippen LogP contribution is -2.38. The van der Waals surface area contributed by atoms with Gasteiger partial charge in [-0.2, -0.15) is 0 Å². The molecule has 19 heavy (non-hydrogen) atoms. The molecule has 1 N–H and O–H groups in total. The Hall–Kier alpha value is -1.02. The van der Waals surface area contributed by atoms with E-state index in [0.717, 1.165) is 19.6 Å². The van der Waals surface area contributed by atoms with Crippen LogP contribution in [0.2, 0.25) is 0 Å². The molecule has 2 heteroatoms. The fourth-order valence-electron chi connectivity index (χ4n) is 2.87. The van der Waals surface area contributed by atoms with E-state index in [1.165, 1.54) is 24.1 Å². The molecule has 1 fully saturated rings. The molecule has 1 aliphatic rings. The molecule has 0 aromatic heterocycles. The predicted octanol–water partition coefficient (Wildman–Crippen LogP) is 3.56. The monoisotopic (exact) mass is 260 g/mol. The van der Waals surface area contributed by atoms with Gasteiger partial charge in [-0.05, 0) is 36.4 Å². The first-order valence-corrected chi connectivity index (χ1v) is 7.60. The molecule has 1 aromatic carbocycles. The number of para-hydroxylation sites is 1. The number of hydrogen-bond donors (Lipinski definition) is 1. The van der Waals surface area contributed by atoms with E-state index in [-0.39, 0.29) is 5.41 Å². The lowest BCUT2D eigenvalue weighted by molar-refractivity contribution is 0.526. The summed E-state index contributed by atoms with van der Waals surface area (Å²) >= 11 is 0. The third kappa shape index (κ3) is 3.50. The second-order valence-electron chi connectivity index (χ2n) is 6.63. The highest BCUT2D eigenvalue weighted by atomic mass is 15.2. The molecular formula is C17H28N2. The zero-order valence-electron chi connectivity index (χ0n) is 12.9. The molecule has 0 aliphatic carbocycles. The van der Waals surface area contributed by atoms with Gasteiger partial charge in [0.05, 0.1) is 0 Å². The predicted molar refractivity (Wildman–Crippen MR) is 84.1 cm³/mol. The van der Waals surface area contributed by atoms with Crippen LogP contribution in [0.3, 0.4) is 0 Å². The molecule has 1 heterocycles. The molecule has 1 aliphatic heterocycles. The highest BCUT2D eigenvalue weighted by molar-refractivity contribution is 5.56. The zero-order chi connectivity index (χ0) is 13.9. The van der Waals surface area contributed by atoms with Crippen molar-refractivity contribution in [2.45, 2.75) is 52.0 Å². The number of rotatable bonds is 2. The van der Waals surface area contributed by atoms with Gasteiger partial charge in [-0.3, -0.25) is 0 Å². The third-order valence-electron chi connectivity index (χ3n) is 4.02. The van der Waals surface area contributed by atoms with Crippen LogP contribution < -0.4 is 10.2 Å². The smallest absolute Gasteiger partial charge is 0.0404 e. The summed E-state index contributed by atoms with van der Waals surface area (Å²) in [5.74, 6) is 0. The number of nitrogens with zero attached hydrogens (tertiary/aromatic N) is 1. The normalized spacial score (nSPS) is 21.3. The van der Waals surface area contributed by atoms with Gasteiger partial charge in [0.1, 0.15) is 0 Å². The largest absolute Gasteiger partial charge is 0.370 e. The Morgan fingerprint density at radius 3 is 2.68 bits per heavy atom. The maximum absolute atomic E-state index is 3.65. The van der Waals surface area contributed by atoms with Crippen LogP contribution in [0.5, 0.6) is 0 Å². The van der Waals surface area contributed by atoms with Crippen LogP contribution in [0.1, 0.15) is 46.1 Å². The lowest BCUT2D eigenvalue weighted by Gasteiger charge is -2.32. The minimum atomic E-state index is 0.206. The molecule has 0 amide bonds. The molecule has 2 nitrogen and oxygen atoms in total. The summed E-state index contributed by atoms with van der Waals surface area (Å²) in [7, 11) is 0. The summed E-state index contributed by atoms with van der Waals surface area (Å²) in [6.07, 6.45) is 2.43. The van der Waals surface area contributed by atoms with Gasteiger partial charge in [0, 0.05) is 24.8 Å². The number of nitrogens with one attached hydrogen (secondary N) is 1. The minimum absolute atomic E-state index is 0.206. The fourth-order valence-corrected chi connectivity index (χ4v) is 2.87. The van der Waals surface area contributed by atoms with Crippen molar-refractivity contribution in [2.75, 3.05) is 24.5 Å². The summed E-state index contributed by atoms with van der Waals surface area (Å²) < 4.78 is 0. The Morgan fingerprint density at radius 2 is 2.00 bits per heavy atom. The van der Waals surface area contributed by atoms with Crippen molar-refractivity contribution >= 4 is 5.69 Å². The molecule has 0 saturated carbocycles. The Bertz CT molecular complexity index is 406. The molecule has 0 radical (unpaired) electrons. The van der Waals surface area contributed by atoms with Gasteiger partial charge in [0.25, 0.3) is 0 Å². The highest BCUT2D eigenvalue weighted by Crippen LogP contribution is 2.32. The Balaban J connectivity index is 2.29.